The summed E-state index contributed by atoms with van der Waals surface area (Å²) in [7, 11) is 20.0. The van der Waals surface area contributed by atoms with Crippen molar-refractivity contribution in [2.24, 2.45) is 34.0 Å². The molecule has 3 aliphatic heterocycles. The molecule has 1 unspecified atom stereocenters. The van der Waals surface area contributed by atoms with Crippen LogP contribution in [-0.2, 0) is 61.8 Å². The number of nitrogens with zero attached hydrogens (tertiary/aromatic N) is 7. The van der Waals surface area contributed by atoms with Gasteiger partial charge in [0.15, 0.2) is 0 Å². The fourth-order valence-electron chi connectivity index (χ4n) is 9.15. The van der Waals surface area contributed by atoms with Gasteiger partial charge in [-0.05, 0) is 203 Å². The van der Waals surface area contributed by atoms with Crippen molar-refractivity contribution >= 4 is 29.7 Å². The van der Waals surface area contributed by atoms with Crippen LogP contribution in [0.25, 0.3) is 0 Å². The fourth-order valence-corrected chi connectivity index (χ4v) is 9.15. The number of carbonyl (C=O) groups is 5. The molecule has 21 nitrogen and oxygen atoms in total. The highest BCUT2D eigenvalue weighted by molar-refractivity contribution is 5.84. The third kappa shape index (κ3) is 67.1. The molecule has 2 aliphatic carbocycles. The summed E-state index contributed by atoms with van der Waals surface area (Å²) in [6, 6.07) is 0. The summed E-state index contributed by atoms with van der Waals surface area (Å²) in [6.45, 7) is 61.0. The Bertz CT molecular complexity index is 1900. The van der Waals surface area contributed by atoms with Crippen LogP contribution in [-0.4, -0.2) is 284 Å². The van der Waals surface area contributed by atoms with E-state index in [4.69, 9.17) is 37.9 Å². The number of rotatable bonds is 27. The van der Waals surface area contributed by atoms with Crippen LogP contribution in [0.1, 0.15) is 242 Å². The van der Waals surface area contributed by atoms with E-state index in [9.17, 15) is 24.0 Å². The van der Waals surface area contributed by atoms with E-state index in [-0.39, 0.29) is 47.2 Å². The molecule has 0 radical (unpaired) electrons. The van der Waals surface area contributed by atoms with Gasteiger partial charge in [0.25, 0.3) is 11.8 Å². The molecule has 3 saturated heterocycles. The van der Waals surface area contributed by atoms with Gasteiger partial charge in [-0.25, -0.2) is 4.79 Å². The molecule has 21 heteroatoms. The molecule has 0 aromatic heterocycles. The first kappa shape index (κ1) is 109. The molecule has 5 fully saturated rings. The van der Waals surface area contributed by atoms with Gasteiger partial charge in [0.2, 0.25) is 11.8 Å². The maximum Gasteiger partial charge on any atom is 0.409 e. The first-order chi connectivity index (χ1) is 47.1. The lowest BCUT2D eigenvalue weighted by molar-refractivity contribution is -0.150. The maximum atomic E-state index is 11.6. The van der Waals surface area contributed by atoms with Crippen molar-refractivity contribution in [3.8, 4) is 0 Å². The highest BCUT2D eigenvalue weighted by atomic mass is 16.6. The molecule has 608 valence electrons. The van der Waals surface area contributed by atoms with Gasteiger partial charge in [-0.3, -0.25) is 19.2 Å². The van der Waals surface area contributed by atoms with Crippen molar-refractivity contribution in [3.63, 3.8) is 0 Å². The van der Waals surface area contributed by atoms with Crippen LogP contribution in [0.15, 0.2) is 0 Å². The third-order valence-electron chi connectivity index (χ3n) is 17.2. The SMILES string of the molecule is CCC(C)(C)C(=O)N(C)C.CCC1(C)CC1.CCCOC(C)C.CCCOC1CC1.CCN(C)C(=O)C1CCOCC1.CCN(C)CC1(C)CCOCC1.CCN(C)CC1CCOCC1.CCOC(=O)N(C)C.CCOC(C)(C)C(=O)N(C)C.CCOC(C)C(=O)N(C)C.CCOCC(C)C. The quantitative estimate of drug-likeness (QED) is 0.0754. The van der Waals surface area contributed by atoms with Crippen LogP contribution >= 0.6 is 0 Å². The van der Waals surface area contributed by atoms with E-state index >= 15 is 0 Å². The van der Waals surface area contributed by atoms with Crippen LogP contribution in [0.4, 0.5) is 4.79 Å². The van der Waals surface area contributed by atoms with E-state index < -0.39 is 5.60 Å². The molecular formula is C80H169N7O14. The molecule has 101 heavy (non-hydrogen) atoms. The first-order valence-electron chi connectivity index (χ1n) is 39.0. The highest BCUT2D eigenvalue weighted by Crippen LogP contribution is 2.47. The summed E-state index contributed by atoms with van der Waals surface area (Å²) in [5.74, 6) is 2.27. The second-order valence-corrected chi connectivity index (χ2v) is 30.1. The van der Waals surface area contributed by atoms with Crippen molar-refractivity contribution in [2.45, 2.75) is 266 Å². The smallest absolute Gasteiger partial charge is 0.409 e. The zero-order chi connectivity index (χ0) is 79.4. The lowest BCUT2D eigenvalue weighted by Gasteiger charge is -2.36. The van der Waals surface area contributed by atoms with E-state index in [1.165, 1.54) is 85.6 Å². The van der Waals surface area contributed by atoms with Crippen molar-refractivity contribution in [1.29, 1.82) is 0 Å². The first-order valence-corrected chi connectivity index (χ1v) is 39.0. The second kappa shape index (κ2) is 66.2. The van der Waals surface area contributed by atoms with Gasteiger partial charge in [-0.15, -0.1) is 0 Å². The van der Waals surface area contributed by atoms with Crippen molar-refractivity contribution in [1.82, 2.24) is 34.3 Å². The van der Waals surface area contributed by atoms with Crippen LogP contribution < -0.4 is 0 Å². The minimum atomic E-state index is -0.682. The standard InChI is InChI=1S/C10H21NO.C9H17NO2.C9H19NO.C8H17NO2.C8H17NO.C7H15NO2.C6H12O.2C6H14O.C6H12.C5H11NO2/c1-4-11(3)9-10(2)5-7-12-8-6-10;1-3-10(2)9(11)8-4-6-12-7-5-8;1-3-10(2)8-9-4-6-11-7-5-9;1-6-11-8(2,3)7(10)9(4)5;1-6-8(2,3)7(10)9(4)5;1-5-10-6(2)7(9)8(3)4;1-2-5-7-6-3-4-6;1-4-7-5-6(2)3;1-4-5-7-6(2)3;1-3-6(2)4-5-6;1-4-8-5(7)6(2)3/h4-9H2,1-3H3;8H,3-7H2,1-2H3;9H,3-8H2,1-2H3;6H2,1-5H3;6H2,1-5H3;6H,5H2,1-4H3;6H,2-5H2,1H3;2*6H,4-5H2,1-3H3;3-5H2,1-2H3;4H2,1-3H3. The predicted octanol–water partition coefficient (Wildman–Crippen LogP) is 14.9. The minimum Gasteiger partial charge on any atom is -0.450 e. The average Bonchev–Trinajstić information content (AvgIpc) is 1.79. The van der Waals surface area contributed by atoms with Gasteiger partial charge in [0.05, 0.1) is 18.8 Å². The number of carbonyl (C=O) groups excluding carboxylic acids is 5. The molecule has 0 aromatic carbocycles. The molecule has 5 aliphatic rings. The largest absolute Gasteiger partial charge is 0.450 e. The van der Waals surface area contributed by atoms with Gasteiger partial charge in [-0.1, -0.05) is 89.5 Å². The van der Waals surface area contributed by atoms with Crippen LogP contribution in [0.3, 0.4) is 0 Å². The average molecular weight is 1450 g/mol. The van der Waals surface area contributed by atoms with Crippen molar-refractivity contribution < 1.29 is 66.6 Å². The number of hydrogen-bond acceptors (Lipinski definition) is 16. The third-order valence-corrected chi connectivity index (χ3v) is 17.2. The maximum absolute atomic E-state index is 11.6. The molecule has 0 spiro atoms. The van der Waals surface area contributed by atoms with E-state index in [1.54, 1.807) is 93.9 Å². The van der Waals surface area contributed by atoms with E-state index in [0.717, 1.165) is 129 Å². The number of ether oxygens (including phenoxy) is 9. The van der Waals surface area contributed by atoms with E-state index in [1.807, 2.05) is 55.5 Å². The molecule has 0 aromatic rings. The molecular weight excluding hydrogens is 1280 g/mol. The summed E-state index contributed by atoms with van der Waals surface area (Å²) in [5.41, 5.74) is 0.421. The minimum absolute atomic E-state index is 0.000602. The van der Waals surface area contributed by atoms with Gasteiger partial charge in [-0.2, -0.15) is 0 Å². The van der Waals surface area contributed by atoms with Gasteiger partial charge < -0.3 is 76.9 Å². The second-order valence-electron chi connectivity index (χ2n) is 30.1. The Morgan fingerprint density at radius 1 is 0.515 bits per heavy atom. The Kier molecular flexibility index (Phi) is 71.2. The summed E-state index contributed by atoms with van der Waals surface area (Å²) in [6.07, 6.45) is 17.3. The molecule has 5 rings (SSSR count). The molecule has 1 atom stereocenters. The zero-order valence-electron chi connectivity index (χ0n) is 72.4. The molecule has 5 amide bonds. The Morgan fingerprint density at radius 2 is 1.00 bits per heavy atom. The summed E-state index contributed by atoms with van der Waals surface area (Å²) >= 11 is 0. The van der Waals surface area contributed by atoms with Gasteiger partial charge in [0.1, 0.15) is 11.7 Å². The van der Waals surface area contributed by atoms with Gasteiger partial charge >= 0.3 is 6.09 Å². The zero-order valence-corrected chi connectivity index (χ0v) is 72.4. The van der Waals surface area contributed by atoms with Crippen LogP contribution in [0, 0.1) is 34.0 Å². The Balaban J connectivity index is -0.000000247. The van der Waals surface area contributed by atoms with E-state index in [2.05, 4.69) is 105 Å². The highest BCUT2D eigenvalue weighted by Gasteiger charge is 2.34. The molecule has 0 bridgehead atoms. The van der Waals surface area contributed by atoms with Crippen LogP contribution in [0.2, 0.25) is 0 Å². The fraction of sp³-hybridized carbons (Fsp3) is 0.938. The lowest BCUT2D eigenvalue weighted by Crippen LogP contribution is -2.43. The Labute approximate surface area is 624 Å². The molecule has 2 saturated carbocycles. The lowest BCUT2D eigenvalue weighted by atomic mass is 9.82. The predicted molar refractivity (Wildman–Crippen MR) is 422 cm³/mol. The summed E-state index contributed by atoms with van der Waals surface area (Å²) in [5, 5.41) is 0. The monoisotopic (exact) mass is 1450 g/mol. The summed E-state index contributed by atoms with van der Waals surface area (Å²) < 4.78 is 46.4. The van der Waals surface area contributed by atoms with E-state index in [0.29, 0.717) is 43.4 Å². The Morgan fingerprint density at radius 3 is 1.30 bits per heavy atom. The molecule has 3 heterocycles. The number of likely N-dealkylation sites (N-methyl/N-ethyl adjacent to an activating group) is 2. The Hall–Kier alpha value is -3.25. The van der Waals surface area contributed by atoms with Crippen molar-refractivity contribution in [3.05, 3.63) is 0 Å². The topological polar surface area (TPSA) is 191 Å². The normalized spacial score (nSPS) is 16.0. The number of amides is 5. The number of hydrogen-bond donors (Lipinski definition) is 0. The summed E-state index contributed by atoms with van der Waals surface area (Å²) in [4.78, 5) is 68.4. The van der Waals surface area contributed by atoms with Crippen molar-refractivity contribution in [2.75, 3.05) is 196 Å². The van der Waals surface area contributed by atoms with Gasteiger partial charge in [0, 0.05) is 174 Å². The van der Waals surface area contributed by atoms with Crippen LogP contribution in [0.5, 0.6) is 0 Å². The molecule has 0 N–H and O–H groups in total.